The van der Waals surface area contributed by atoms with E-state index in [0.29, 0.717) is 16.5 Å². The van der Waals surface area contributed by atoms with E-state index in [9.17, 15) is 14.4 Å². The summed E-state index contributed by atoms with van der Waals surface area (Å²) in [6.07, 6.45) is 5.43. The number of H-pyrrole nitrogens is 1. The maximum Gasteiger partial charge on any atom is 0.333 e. The summed E-state index contributed by atoms with van der Waals surface area (Å²) in [5.74, 6) is -0.139. The van der Waals surface area contributed by atoms with Crippen molar-refractivity contribution in [2.45, 2.75) is 38.1 Å². The van der Waals surface area contributed by atoms with Crippen molar-refractivity contribution in [2.24, 2.45) is 0 Å². The highest BCUT2D eigenvalue weighted by Gasteiger charge is 2.24. The van der Waals surface area contributed by atoms with Crippen LogP contribution >= 0.6 is 11.6 Å². The highest BCUT2D eigenvalue weighted by molar-refractivity contribution is 6.32. The zero-order valence-corrected chi connectivity index (χ0v) is 16.9. The maximum absolute atomic E-state index is 13.0. The highest BCUT2D eigenvalue weighted by Crippen LogP contribution is 2.25. The summed E-state index contributed by atoms with van der Waals surface area (Å²) in [6.45, 7) is 0. The Kier molecular flexibility index (Phi) is 5.28. The molecular weight excluding hydrogens is 390 g/mol. The molecule has 1 saturated carbocycles. The molecule has 0 atom stereocenters. The average Bonchev–Trinajstić information content (AvgIpc) is 2.74. The van der Waals surface area contributed by atoms with E-state index >= 15 is 0 Å². The second kappa shape index (κ2) is 7.87. The van der Waals surface area contributed by atoms with Crippen LogP contribution in [-0.4, -0.2) is 33.4 Å². The number of rotatable bonds is 3. The van der Waals surface area contributed by atoms with Gasteiger partial charge < -0.3 is 9.88 Å². The molecule has 0 saturated heterocycles. The number of aromatic amines is 1. The molecule has 0 unspecified atom stereocenters. The largest absolute Gasteiger partial charge is 0.339 e. The summed E-state index contributed by atoms with van der Waals surface area (Å²) in [7, 11) is 1.81. The lowest BCUT2D eigenvalue weighted by Crippen LogP contribution is -2.38. The average molecular weight is 412 g/mol. The number of carbonyl (C=O) groups excluding carboxylic acids is 1. The quantitative estimate of drug-likeness (QED) is 0.713. The molecule has 0 radical (unpaired) electrons. The van der Waals surface area contributed by atoms with Crippen LogP contribution in [0.25, 0.3) is 16.6 Å². The van der Waals surface area contributed by atoms with Gasteiger partial charge in [-0.3, -0.25) is 9.59 Å². The molecule has 6 nitrogen and oxygen atoms in total. The molecule has 1 heterocycles. The predicted octanol–water partition coefficient (Wildman–Crippen LogP) is 3.74. The van der Waals surface area contributed by atoms with Gasteiger partial charge in [-0.1, -0.05) is 43.0 Å². The van der Waals surface area contributed by atoms with Gasteiger partial charge in [0.05, 0.1) is 21.6 Å². The van der Waals surface area contributed by atoms with E-state index in [-0.39, 0.29) is 22.7 Å². The molecule has 0 spiro atoms. The third-order valence-electron chi connectivity index (χ3n) is 5.68. The summed E-state index contributed by atoms with van der Waals surface area (Å²) >= 11 is 6.32. The Hall–Kier alpha value is -2.86. The summed E-state index contributed by atoms with van der Waals surface area (Å²) < 4.78 is 0.988. The molecule has 3 aromatic rings. The molecule has 1 aliphatic carbocycles. The first-order chi connectivity index (χ1) is 14.0. The summed E-state index contributed by atoms with van der Waals surface area (Å²) in [5.41, 5.74) is -0.0139. The maximum atomic E-state index is 13.0. The van der Waals surface area contributed by atoms with Crippen LogP contribution in [0.4, 0.5) is 0 Å². The second-order valence-electron chi connectivity index (χ2n) is 7.49. The number of nitrogens with zero attached hydrogens (tertiary/aromatic N) is 2. The lowest BCUT2D eigenvalue weighted by Gasteiger charge is -2.31. The van der Waals surface area contributed by atoms with Gasteiger partial charge in [0.25, 0.3) is 11.5 Å². The fraction of sp³-hybridized carbons (Fsp3) is 0.318. The Morgan fingerprint density at radius 1 is 1.10 bits per heavy atom. The smallest absolute Gasteiger partial charge is 0.333 e. The molecule has 1 aliphatic rings. The van der Waals surface area contributed by atoms with Crippen molar-refractivity contribution < 1.29 is 4.79 Å². The molecule has 1 amide bonds. The van der Waals surface area contributed by atoms with Crippen molar-refractivity contribution in [1.82, 2.24) is 14.5 Å². The van der Waals surface area contributed by atoms with Crippen molar-refractivity contribution in [2.75, 3.05) is 7.05 Å². The van der Waals surface area contributed by atoms with Gasteiger partial charge in [0, 0.05) is 18.7 Å². The number of amides is 1. The van der Waals surface area contributed by atoms with Crippen molar-refractivity contribution in [3.05, 3.63) is 73.9 Å². The Balaban J connectivity index is 1.78. The normalized spacial score (nSPS) is 14.8. The van der Waals surface area contributed by atoms with Crippen molar-refractivity contribution in [3.8, 4) is 5.69 Å². The molecule has 0 aliphatic heterocycles. The third-order valence-corrected chi connectivity index (χ3v) is 6.00. The van der Waals surface area contributed by atoms with E-state index in [1.165, 1.54) is 12.5 Å². The fourth-order valence-electron chi connectivity index (χ4n) is 4.04. The number of halogens is 1. The number of fused-ring (bicyclic) bond motifs is 1. The molecule has 0 bridgehead atoms. The molecule has 2 aromatic carbocycles. The first-order valence-electron chi connectivity index (χ1n) is 9.78. The van der Waals surface area contributed by atoms with E-state index in [1.807, 2.05) is 7.05 Å². The molecule has 7 heteroatoms. The number of hydrogen-bond acceptors (Lipinski definition) is 3. The lowest BCUT2D eigenvalue weighted by atomic mass is 9.94. The molecule has 1 N–H and O–H groups in total. The highest BCUT2D eigenvalue weighted by atomic mass is 35.5. The number of aromatic nitrogens is 2. The Morgan fingerprint density at radius 3 is 2.59 bits per heavy atom. The fourth-order valence-corrected chi connectivity index (χ4v) is 4.24. The molecule has 150 valence electrons. The number of hydrogen-bond donors (Lipinski definition) is 1. The minimum atomic E-state index is -0.596. The lowest BCUT2D eigenvalue weighted by molar-refractivity contribution is 0.0696. The first-order valence-corrected chi connectivity index (χ1v) is 10.2. The van der Waals surface area contributed by atoms with Gasteiger partial charge in [-0.25, -0.2) is 9.36 Å². The van der Waals surface area contributed by atoms with Gasteiger partial charge in [0.2, 0.25) is 0 Å². The van der Waals surface area contributed by atoms with E-state index in [1.54, 1.807) is 41.3 Å². The molecule has 1 fully saturated rings. The van der Waals surface area contributed by atoms with Gasteiger partial charge in [-0.05, 0) is 43.2 Å². The van der Waals surface area contributed by atoms with Crippen LogP contribution in [0, 0.1) is 0 Å². The molecular formula is C22H22ClN3O3. The van der Waals surface area contributed by atoms with E-state index in [4.69, 9.17) is 11.6 Å². The van der Waals surface area contributed by atoms with Gasteiger partial charge in [-0.15, -0.1) is 0 Å². The zero-order chi connectivity index (χ0) is 20.5. The van der Waals surface area contributed by atoms with E-state index in [2.05, 4.69) is 4.98 Å². The Morgan fingerprint density at radius 2 is 1.83 bits per heavy atom. The summed E-state index contributed by atoms with van der Waals surface area (Å²) in [6, 6.07) is 11.7. The predicted molar refractivity (Wildman–Crippen MR) is 114 cm³/mol. The number of para-hydroxylation sites is 1. The second-order valence-corrected chi connectivity index (χ2v) is 7.90. The van der Waals surface area contributed by atoms with Crippen LogP contribution in [0.2, 0.25) is 5.02 Å². The van der Waals surface area contributed by atoms with Crippen LogP contribution in [0.15, 0.2) is 52.1 Å². The van der Waals surface area contributed by atoms with E-state index in [0.717, 1.165) is 30.3 Å². The topological polar surface area (TPSA) is 75.2 Å². The zero-order valence-electron chi connectivity index (χ0n) is 16.2. The monoisotopic (exact) mass is 411 g/mol. The number of nitrogens with one attached hydrogen (secondary N) is 1. The Labute approximate surface area is 172 Å². The van der Waals surface area contributed by atoms with Gasteiger partial charge in [0.1, 0.15) is 0 Å². The van der Waals surface area contributed by atoms with Crippen LogP contribution < -0.4 is 11.2 Å². The number of benzene rings is 2. The molecule has 1 aromatic heterocycles. The standard InChI is InChI=1S/C22H22ClN3O3/c1-25(15-7-3-2-4-8-15)20(27)14-11-12-17(23)19(13-14)26-21(28)16-9-5-6-10-18(16)24-22(26)29/h5-6,9-13,15H,2-4,7-8H2,1H3,(H,24,29). The minimum Gasteiger partial charge on any atom is -0.339 e. The van der Waals surface area contributed by atoms with Gasteiger partial charge in [-0.2, -0.15) is 0 Å². The molecule has 29 heavy (non-hydrogen) atoms. The summed E-state index contributed by atoms with van der Waals surface area (Å²) in [4.78, 5) is 43.1. The number of carbonyl (C=O) groups is 1. The van der Waals surface area contributed by atoms with Crippen molar-refractivity contribution in [1.29, 1.82) is 0 Å². The molecule has 4 rings (SSSR count). The van der Waals surface area contributed by atoms with Crippen LogP contribution in [0.1, 0.15) is 42.5 Å². The minimum absolute atomic E-state index is 0.139. The van der Waals surface area contributed by atoms with Gasteiger partial charge in [0.15, 0.2) is 0 Å². The third kappa shape index (κ3) is 3.60. The van der Waals surface area contributed by atoms with E-state index < -0.39 is 11.2 Å². The van der Waals surface area contributed by atoms with Gasteiger partial charge >= 0.3 is 5.69 Å². The van der Waals surface area contributed by atoms with Crippen LogP contribution in [0.3, 0.4) is 0 Å². The first kappa shape index (κ1) is 19.5. The van der Waals surface area contributed by atoms with Crippen LogP contribution in [-0.2, 0) is 0 Å². The van der Waals surface area contributed by atoms with Crippen molar-refractivity contribution >= 4 is 28.4 Å². The Bertz CT molecular complexity index is 1190. The SMILES string of the molecule is CN(C(=O)c1ccc(Cl)c(-n2c(=O)[nH]c3ccccc3c2=O)c1)C1CCCCC1. The van der Waals surface area contributed by atoms with Crippen molar-refractivity contribution in [3.63, 3.8) is 0 Å². The van der Waals surface area contributed by atoms with Crippen LogP contribution in [0.5, 0.6) is 0 Å². The summed E-state index contributed by atoms with van der Waals surface area (Å²) in [5, 5.41) is 0.601.